The number of ether oxygens (including phenoxy) is 16. The molecule has 10 aromatic carbocycles. The Hall–Kier alpha value is -8.44. The Kier molecular flexibility index (Phi) is 28.7. The summed E-state index contributed by atoms with van der Waals surface area (Å²) in [6.07, 6.45) is -14.8. The summed E-state index contributed by atoms with van der Waals surface area (Å²) in [4.78, 5) is 0. The van der Waals surface area contributed by atoms with Gasteiger partial charge in [0.25, 0.3) is 0 Å². The van der Waals surface area contributed by atoms with Crippen LogP contribution in [0.4, 0.5) is 0 Å². The van der Waals surface area contributed by atoms with Crippen molar-refractivity contribution < 1.29 is 75.8 Å². The van der Waals surface area contributed by atoms with E-state index in [0.717, 1.165) is 55.6 Å². The first-order valence-corrected chi connectivity index (χ1v) is 36.3. The summed E-state index contributed by atoms with van der Waals surface area (Å²) in [7, 11) is 1.61. The number of rotatable bonds is 38. The number of hydrogen-bond donors (Lipinski definition) is 0. The molecule has 13 rings (SSSR count). The van der Waals surface area contributed by atoms with Crippen molar-refractivity contribution in [3.63, 3.8) is 0 Å². The predicted octanol–water partition coefficient (Wildman–Crippen LogP) is 15.3. The van der Waals surface area contributed by atoms with Gasteiger partial charge in [-0.25, -0.2) is 0 Å². The number of benzene rings is 10. The molecule has 15 atom stereocenters. The molecule has 0 spiro atoms. The Bertz CT molecular complexity index is 3980. The largest absolute Gasteiger partial charge is 0.374 e. The lowest BCUT2D eigenvalue weighted by molar-refractivity contribution is -0.394. The molecule has 0 unspecified atom stereocenters. The average Bonchev–Trinajstić information content (AvgIpc) is 0.763. The van der Waals surface area contributed by atoms with Crippen molar-refractivity contribution in [1.29, 1.82) is 0 Å². The fourth-order valence-corrected chi connectivity index (χ4v) is 13.4. The molecule has 10 aromatic rings. The van der Waals surface area contributed by atoms with Gasteiger partial charge in [-0.05, 0) is 55.6 Å². The molecule has 0 N–H and O–H groups in total. The molecule has 0 bridgehead atoms. The van der Waals surface area contributed by atoms with Gasteiger partial charge in [-0.15, -0.1) is 0 Å². The molecular formula is C89H94O16. The van der Waals surface area contributed by atoms with E-state index >= 15 is 0 Å². The topological polar surface area (TPSA) is 148 Å². The van der Waals surface area contributed by atoms with Crippen LogP contribution in [0.3, 0.4) is 0 Å². The van der Waals surface area contributed by atoms with Gasteiger partial charge in [-0.1, -0.05) is 303 Å². The zero-order valence-electron chi connectivity index (χ0n) is 59.3. The SMILES string of the molecule is CO[C@H]1O[C@H](COCc2ccccc2)[C@@H](O[C@@H]2O[C@H](COCc3ccccc3)[C@@H](O[C@@H]3O[C@H](COCc4ccccc4)[C@H](OCc4ccccc4)[C@H](OCc4ccccc4)[C@H]3OCc3ccccc3)[C@H](OCc3ccccc3)[C@H]2OCc2ccccc2)[C@H](OCc2ccccc2)[C@H]1OCc1ccccc1. The first-order valence-electron chi connectivity index (χ1n) is 36.3. The van der Waals surface area contributed by atoms with E-state index in [4.69, 9.17) is 75.8 Å². The van der Waals surface area contributed by atoms with Crippen molar-refractivity contribution >= 4 is 0 Å². The van der Waals surface area contributed by atoms with E-state index in [0.29, 0.717) is 6.61 Å². The summed E-state index contributed by atoms with van der Waals surface area (Å²) in [5.74, 6) is 0. The monoisotopic (exact) mass is 1420 g/mol. The van der Waals surface area contributed by atoms with Crippen LogP contribution in [-0.2, 0) is 142 Å². The van der Waals surface area contributed by atoms with Crippen molar-refractivity contribution in [2.24, 2.45) is 0 Å². The van der Waals surface area contributed by atoms with E-state index in [1.54, 1.807) is 7.11 Å². The standard InChI is InChI=1S/C89H94O16/c1-90-87-84(98-59-72-46-26-9-27-47-72)82(96-57-70-42-22-7-23-43-70)79(76(101-87)63-92-53-66-34-14-3-15-35-66)104-89-86(100-61-74-50-30-11-31-51-74)83(97-58-71-44-24-8-25-45-71)80(77(103-89)64-93-54-67-36-16-4-17-37-67)105-88-85(99-60-73-48-28-10-29-49-73)81(95-56-69-40-20-6-21-41-69)78(94-55-68-38-18-5-19-39-68)75(102-88)62-91-52-65-32-12-2-13-33-65/h2-51,75-89H,52-64H2,1H3/t75-,76-,77-,78+,79-,80-,81+,82+,83+,84-,85-,86-,87+,88+,89+/m1/s1. The summed E-state index contributed by atoms with van der Waals surface area (Å²) < 4.78 is 116. The van der Waals surface area contributed by atoms with Gasteiger partial charge < -0.3 is 75.8 Å². The Morgan fingerprint density at radius 1 is 0.200 bits per heavy atom. The van der Waals surface area contributed by atoms with Crippen LogP contribution in [0.15, 0.2) is 303 Å². The quantitative estimate of drug-likeness (QED) is 0.0361. The first kappa shape index (κ1) is 74.8. The molecule has 0 aliphatic carbocycles. The highest BCUT2D eigenvalue weighted by atomic mass is 16.8. The molecule has 0 amide bonds. The van der Waals surface area contributed by atoms with Crippen molar-refractivity contribution in [2.45, 2.75) is 158 Å². The van der Waals surface area contributed by atoms with Crippen LogP contribution in [0.2, 0.25) is 0 Å². The van der Waals surface area contributed by atoms with Crippen LogP contribution in [0.25, 0.3) is 0 Å². The molecule has 0 aromatic heterocycles. The molecular weight excluding hydrogens is 1320 g/mol. The van der Waals surface area contributed by atoms with Crippen molar-refractivity contribution in [2.75, 3.05) is 26.9 Å². The molecule has 3 heterocycles. The zero-order chi connectivity index (χ0) is 71.3. The van der Waals surface area contributed by atoms with Crippen molar-refractivity contribution in [3.8, 4) is 0 Å². The summed E-state index contributed by atoms with van der Waals surface area (Å²) >= 11 is 0. The predicted molar refractivity (Wildman–Crippen MR) is 396 cm³/mol. The van der Waals surface area contributed by atoms with Crippen molar-refractivity contribution in [1.82, 2.24) is 0 Å². The minimum Gasteiger partial charge on any atom is -0.374 e. The van der Waals surface area contributed by atoms with Gasteiger partial charge in [0, 0.05) is 7.11 Å². The third-order valence-corrected chi connectivity index (χ3v) is 18.8. The molecule has 16 nitrogen and oxygen atoms in total. The fourth-order valence-electron chi connectivity index (χ4n) is 13.4. The zero-order valence-corrected chi connectivity index (χ0v) is 59.3. The first-order chi connectivity index (χ1) is 52.0. The van der Waals surface area contributed by atoms with Crippen LogP contribution >= 0.6 is 0 Å². The summed E-state index contributed by atoms with van der Waals surface area (Å²) in [6, 6.07) is 100. The van der Waals surface area contributed by atoms with Gasteiger partial charge in [0.05, 0.1) is 85.9 Å². The maximum absolute atomic E-state index is 7.89. The molecule has 0 saturated carbocycles. The van der Waals surface area contributed by atoms with Crippen LogP contribution in [0.1, 0.15) is 55.6 Å². The van der Waals surface area contributed by atoms with Gasteiger partial charge in [0.2, 0.25) is 0 Å². The van der Waals surface area contributed by atoms with Crippen LogP contribution in [0.5, 0.6) is 0 Å². The Morgan fingerprint density at radius 2 is 0.381 bits per heavy atom. The average molecular weight is 1420 g/mol. The molecule has 3 fully saturated rings. The second-order valence-electron chi connectivity index (χ2n) is 26.4. The normalized spacial score (nSPS) is 24.6. The second kappa shape index (κ2) is 40.3. The molecule has 3 saturated heterocycles. The molecule has 546 valence electrons. The third-order valence-electron chi connectivity index (χ3n) is 18.8. The van der Waals surface area contributed by atoms with E-state index in [1.165, 1.54) is 0 Å². The lowest BCUT2D eigenvalue weighted by atomic mass is 9.95. The van der Waals surface area contributed by atoms with E-state index < -0.39 is 92.1 Å². The summed E-state index contributed by atoms with van der Waals surface area (Å²) in [6.45, 7) is 2.10. The fraction of sp³-hybridized carbons (Fsp3) is 0.326. The van der Waals surface area contributed by atoms with Crippen LogP contribution < -0.4 is 0 Å². The smallest absolute Gasteiger partial charge is 0.187 e. The Morgan fingerprint density at radius 3 is 0.619 bits per heavy atom. The maximum atomic E-state index is 7.89. The van der Waals surface area contributed by atoms with Crippen molar-refractivity contribution in [3.05, 3.63) is 359 Å². The Balaban J connectivity index is 0.934. The molecule has 3 aliphatic heterocycles. The molecule has 0 radical (unpaired) electrons. The minimum atomic E-state index is -1.28. The van der Waals surface area contributed by atoms with Gasteiger partial charge >= 0.3 is 0 Å². The van der Waals surface area contributed by atoms with Gasteiger partial charge in [0.15, 0.2) is 18.9 Å². The van der Waals surface area contributed by atoms with Gasteiger partial charge in [-0.3, -0.25) is 0 Å². The summed E-state index contributed by atoms with van der Waals surface area (Å²) in [5, 5.41) is 0. The highest BCUT2D eigenvalue weighted by Gasteiger charge is 2.57. The highest BCUT2D eigenvalue weighted by molar-refractivity contribution is 5.21. The summed E-state index contributed by atoms with van der Waals surface area (Å²) in [5.41, 5.74) is 9.42. The second-order valence-corrected chi connectivity index (χ2v) is 26.4. The maximum Gasteiger partial charge on any atom is 0.187 e. The van der Waals surface area contributed by atoms with Crippen LogP contribution in [0, 0.1) is 0 Å². The molecule has 16 heteroatoms. The molecule has 105 heavy (non-hydrogen) atoms. The van der Waals surface area contributed by atoms with Crippen LogP contribution in [-0.4, -0.2) is 119 Å². The van der Waals surface area contributed by atoms with E-state index in [-0.39, 0.29) is 79.3 Å². The lowest BCUT2D eigenvalue weighted by Gasteiger charge is -2.51. The minimum absolute atomic E-state index is 0.0358. The third kappa shape index (κ3) is 22.1. The lowest BCUT2D eigenvalue weighted by Crippen LogP contribution is -2.68. The molecule has 3 aliphatic rings. The number of hydrogen-bond acceptors (Lipinski definition) is 16. The number of methoxy groups -OCH3 is 1. The highest BCUT2D eigenvalue weighted by Crippen LogP contribution is 2.40. The van der Waals surface area contributed by atoms with Gasteiger partial charge in [0.1, 0.15) is 73.2 Å². The van der Waals surface area contributed by atoms with E-state index in [9.17, 15) is 0 Å². The van der Waals surface area contributed by atoms with E-state index in [2.05, 4.69) is 0 Å². The van der Waals surface area contributed by atoms with Gasteiger partial charge in [-0.2, -0.15) is 0 Å². The van der Waals surface area contributed by atoms with E-state index in [1.807, 2.05) is 303 Å². The Labute approximate surface area is 616 Å².